The van der Waals surface area contributed by atoms with Gasteiger partial charge in [0, 0.05) is 11.8 Å². The van der Waals surface area contributed by atoms with Gasteiger partial charge in [-0.15, -0.1) is 0 Å². The molecule has 20 heavy (non-hydrogen) atoms. The molecule has 0 saturated carbocycles. The minimum atomic E-state index is -0.972. The Hall–Kier alpha value is -2.63. The van der Waals surface area contributed by atoms with Crippen LogP contribution >= 0.6 is 0 Å². The van der Waals surface area contributed by atoms with Crippen molar-refractivity contribution in [3.05, 3.63) is 42.2 Å². The molecule has 0 aliphatic carbocycles. The quantitative estimate of drug-likeness (QED) is 0.871. The Labute approximate surface area is 116 Å². The number of benzene rings is 1. The van der Waals surface area contributed by atoms with E-state index in [1.807, 2.05) is 13.8 Å². The molecule has 2 aromatic rings. The van der Waals surface area contributed by atoms with Gasteiger partial charge in [0.2, 0.25) is 5.88 Å². The summed E-state index contributed by atoms with van der Waals surface area (Å²) in [6.07, 6.45) is 1.41. The first-order valence-corrected chi connectivity index (χ1v) is 6.13. The molecule has 0 aliphatic rings. The van der Waals surface area contributed by atoms with Crippen molar-refractivity contribution in [1.29, 1.82) is 0 Å². The van der Waals surface area contributed by atoms with E-state index < -0.39 is 5.97 Å². The number of anilines is 2. The summed E-state index contributed by atoms with van der Waals surface area (Å²) >= 11 is 0. The van der Waals surface area contributed by atoms with Crippen molar-refractivity contribution in [3.8, 4) is 5.88 Å². The fourth-order valence-corrected chi connectivity index (χ4v) is 1.59. The second kappa shape index (κ2) is 6.01. The van der Waals surface area contributed by atoms with Crippen LogP contribution in [0.15, 0.2) is 36.7 Å². The minimum Gasteiger partial charge on any atom is -0.478 e. The number of aromatic nitrogens is 2. The van der Waals surface area contributed by atoms with Gasteiger partial charge in [-0.2, -0.15) is 0 Å². The molecule has 0 fully saturated rings. The smallest absolute Gasteiger partial charge is 0.335 e. The summed E-state index contributed by atoms with van der Waals surface area (Å²) in [6.45, 7) is 3.82. The van der Waals surface area contributed by atoms with Crippen LogP contribution in [-0.4, -0.2) is 27.1 Å². The number of hydrogen-bond acceptors (Lipinski definition) is 5. The molecule has 0 aliphatic heterocycles. The van der Waals surface area contributed by atoms with E-state index in [-0.39, 0.29) is 11.7 Å². The molecule has 1 aromatic heterocycles. The van der Waals surface area contributed by atoms with Crippen LogP contribution < -0.4 is 10.1 Å². The summed E-state index contributed by atoms with van der Waals surface area (Å²) in [6, 6.07) is 8.15. The highest BCUT2D eigenvalue weighted by Gasteiger charge is 2.05. The zero-order valence-corrected chi connectivity index (χ0v) is 11.2. The van der Waals surface area contributed by atoms with E-state index >= 15 is 0 Å². The molecule has 2 rings (SSSR count). The normalized spacial score (nSPS) is 10.3. The van der Waals surface area contributed by atoms with Crippen LogP contribution in [0.25, 0.3) is 0 Å². The number of carboxylic acid groups (broad SMARTS) is 1. The Balaban J connectivity index is 2.17. The van der Waals surface area contributed by atoms with Crippen LogP contribution in [0.5, 0.6) is 5.88 Å². The third kappa shape index (κ3) is 3.68. The monoisotopic (exact) mass is 273 g/mol. The van der Waals surface area contributed by atoms with Crippen LogP contribution in [0.4, 0.5) is 11.5 Å². The van der Waals surface area contributed by atoms with Crippen molar-refractivity contribution < 1.29 is 14.6 Å². The van der Waals surface area contributed by atoms with Crippen molar-refractivity contribution in [2.24, 2.45) is 0 Å². The van der Waals surface area contributed by atoms with Crippen LogP contribution in [0.3, 0.4) is 0 Å². The maximum Gasteiger partial charge on any atom is 0.335 e. The second-order valence-corrected chi connectivity index (χ2v) is 4.42. The van der Waals surface area contributed by atoms with Gasteiger partial charge in [-0.05, 0) is 32.0 Å². The summed E-state index contributed by atoms with van der Waals surface area (Å²) in [5.41, 5.74) is 0.849. The van der Waals surface area contributed by atoms with Crippen molar-refractivity contribution in [2.45, 2.75) is 20.0 Å². The van der Waals surface area contributed by atoms with E-state index in [4.69, 9.17) is 9.84 Å². The predicted molar refractivity (Wildman–Crippen MR) is 74.5 cm³/mol. The highest BCUT2D eigenvalue weighted by molar-refractivity contribution is 5.89. The summed E-state index contributed by atoms with van der Waals surface area (Å²) in [5, 5.41) is 12.0. The van der Waals surface area contributed by atoms with Crippen molar-refractivity contribution >= 4 is 17.5 Å². The molecule has 6 nitrogen and oxygen atoms in total. The van der Waals surface area contributed by atoms with E-state index in [0.29, 0.717) is 17.4 Å². The van der Waals surface area contributed by atoms with E-state index in [0.717, 1.165) is 0 Å². The number of ether oxygens (including phenoxy) is 1. The minimum absolute atomic E-state index is 0.0214. The number of carboxylic acids is 1. The number of carbonyl (C=O) groups is 1. The molecule has 0 unspecified atom stereocenters. The van der Waals surface area contributed by atoms with Gasteiger partial charge < -0.3 is 15.2 Å². The van der Waals surface area contributed by atoms with Crippen molar-refractivity contribution in [2.75, 3.05) is 5.32 Å². The Morgan fingerprint density at radius 1 is 1.30 bits per heavy atom. The fourth-order valence-electron chi connectivity index (χ4n) is 1.59. The number of nitrogens with zero attached hydrogens (tertiary/aromatic N) is 2. The predicted octanol–water partition coefficient (Wildman–Crippen LogP) is 2.71. The van der Waals surface area contributed by atoms with E-state index in [2.05, 4.69) is 15.3 Å². The van der Waals surface area contributed by atoms with Gasteiger partial charge in [0.25, 0.3) is 0 Å². The highest BCUT2D eigenvalue weighted by Crippen LogP contribution is 2.19. The summed E-state index contributed by atoms with van der Waals surface area (Å²) in [4.78, 5) is 19.0. The molecule has 2 N–H and O–H groups in total. The maximum atomic E-state index is 10.9. The zero-order chi connectivity index (χ0) is 14.5. The number of aromatic carboxylic acids is 1. The van der Waals surface area contributed by atoms with Gasteiger partial charge in [0.05, 0.1) is 11.7 Å². The third-order valence-corrected chi connectivity index (χ3v) is 2.38. The molecular weight excluding hydrogens is 258 g/mol. The number of rotatable bonds is 5. The first kappa shape index (κ1) is 13.8. The van der Waals surface area contributed by atoms with Crippen LogP contribution in [0, 0.1) is 0 Å². The Kier molecular flexibility index (Phi) is 4.14. The molecule has 1 heterocycles. The molecule has 0 atom stereocenters. The maximum absolute atomic E-state index is 10.9. The molecule has 0 radical (unpaired) electrons. The lowest BCUT2D eigenvalue weighted by atomic mass is 10.2. The molecule has 0 spiro atoms. The van der Waals surface area contributed by atoms with Gasteiger partial charge in [0.1, 0.15) is 12.1 Å². The third-order valence-electron chi connectivity index (χ3n) is 2.38. The van der Waals surface area contributed by atoms with Gasteiger partial charge in [-0.1, -0.05) is 6.07 Å². The number of nitrogens with one attached hydrogen (secondary N) is 1. The number of hydrogen-bond donors (Lipinski definition) is 2. The van der Waals surface area contributed by atoms with Crippen LogP contribution in [-0.2, 0) is 0 Å². The molecule has 104 valence electrons. The summed E-state index contributed by atoms with van der Waals surface area (Å²) < 4.78 is 5.47. The lowest BCUT2D eigenvalue weighted by Gasteiger charge is -2.10. The Morgan fingerprint density at radius 3 is 2.80 bits per heavy atom. The van der Waals surface area contributed by atoms with E-state index in [1.165, 1.54) is 18.5 Å². The van der Waals surface area contributed by atoms with Crippen molar-refractivity contribution in [3.63, 3.8) is 0 Å². The average molecular weight is 273 g/mol. The average Bonchev–Trinajstić information content (AvgIpc) is 2.38. The largest absolute Gasteiger partial charge is 0.478 e. The van der Waals surface area contributed by atoms with Gasteiger partial charge in [-0.25, -0.2) is 14.8 Å². The first-order chi connectivity index (χ1) is 9.54. The van der Waals surface area contributed by atoms with Gasteiger partial charge in [-0.3, -0.25) is 0 Å². The fraction of sp³-hybridized carbons (Fsp3) is 0.214. The van der Waals surface area contributed by atoms with E-state index in [1.54, 1.807) is 18.2 Å². The standard InChI is InChI=1S/C14H15N3O3/c1-9(2)20-13-7-12(15-8-16-13)17-11-5-3-4-10(6-11)14(18)19/h3-9H,1-2H3,(H,18,19)(H,15,16,17). The highest BCUT2D eigenvalue weighted by atomic mass is 16.5. The topological polar surface area (TPSA) is 84.3 Å². The lowest BCUT2D eigenvalue weighted by Crippen LogP contribution is -2.07. The van der Waals surface area contributed by atoms with Gasteiger partial charge in [0.15, 0.2) is 0 Å². The summed E-state index contributed by atoms with van der Waals surface area (Å²) in [5.74, 6) is 0.0326. The second-order valence-electron chi connectivity index (χ2n) is 4.42. The van der Waals surface area contributed by atoms with Crippen LogP contribution in [0.1, 0.15) is 24.2 Å². The SMILES string of the molecule is CC(C)Oc1cc(Nc2cccc(C(=O)O)c2)ncn1. The molecule has 1 aromatic carbocycles. The van der Waals surface area contributed by atoms with Crippen LogP contribution in [0.2, 0.25) is 0 Å². The molecule has 0 amide bonds. The molecule has 6 heteroatoms. The molecule has 0 saturated heterocycles. The molecular formula is C14H15N3O3. The first-order valence-electron chi connectivity index (χ1n) is 6.13. The zero-order valence-electron chi connectivity index (χ0n) is 11.2. The lowest BCUT2D eigenvalue weighted by molar-refractivity contribution is 0.0697. The van der Waals surface area contributed by atoms with Crippen molar-refractivity contribution in [1.82, 2.24) is 9.97 Å². The Morgan fingerprint density at radius 2 is 2.10 bits per heavy atom. The summed E-state index contributed by atoms with van der Waals surface area (Å²) in [7, 11) is 0. The molecule has 0 bridgehead atoms. The van der Waals surface area contributed by atoms with E-state index in [9.17, 15) is 4.79 Å². The Bertz CT molecular complexity index is 614. The van der Waals surface area contributed by atoms with Gasteiger partial charge >= 0.3 is 5.97 Å².